The highest BCUT2D eigenvalue weighted by Gasteiger charge is 2.30. The molecule has 3 aromatic rings. The number of benzene rings is 3. The number of hydrogen-bond acceptors (Lipinski definition) is 4. The normalized spacial score (nSPS) is 12.9. The van der Waals surface area contributed by atoms with Crippen molar-refractivity contribution >= 4 is 35.3 Å². The van der Waals surface area contributed by atoms with Crippen LogP contribution in [0.1, 0.15) is 23.5 Å². The summed E-state index contributed by atoms with van der Waals surface area (Å²) in [7, 11) is 0. The van der Waals surface area contributed by atoms with Gasteiger partial charge in [-0.25, -0.2) is 4.79 Å². The lowest BCUT2D eigenvalue weighted by molar-refractivity contribution is -0.139. The van der Waals surface area contributed by atoms with E-state index in [0.29, 0.717) is 10.7 Å². The predicted molar refractivity (Wildman–Crippen MR) is 124 cm³/mol. The largest absolute Gasteiger partial charge is 0.481 e. The number of ether oxygens (including phenoxy) is 1. The average molecular weight is 465 g/mol. The Labute approximate surface area is 195 Å². The summed E-state index contributed by atoms with van der Waals surface area (Å²) in [6, 6.07) is 20.9. The molecule has 1 aliphatic rings. The Morgan fingerprint density at radius 2 is 1.58 bits per heavy atom. The topological polar surface area (TPSA) is 105 Å². The van der Waals surface area contributed by atoms with Gasteiger partial charge in [0.2, 0.25) is 5.91 Å². The van der Waals surface area contributed by atoms with E-state index in [4.69, 9.17) is 16.3 Å². The van der Waals surface area contributed by atoms with Crippen molar-refractivity contribution in [3.05, 3.63) is 88.9 Å². The lowest BCUT2D eigenvalue weighted by atomic mass is 9.98. The summed E-state index contributed by atoms with van der Waals surface area (Å²) in [6.07, 6.45) is -1.47. The molecule has 0 radical (unpaired) electrons. The van der Waals surface area contributed by atoms with Crippen LogP contribution in [0.5, 0.6) is 0 Å². The Morgan fingerprint density at radius 1 is 0.939 bits per heavy atom. The summed E-state index contributed by atoms with van der Waals surface area (Å²) in [4.78, 5) is 36.3. The number of alkyl carbamates (subject to hydrolysis) is 1. The fourth-order valence-corrected chi connectivity index (χ4v) is 4.15. The van der Waals surface area contributed by atoms with Crippen molar-refractivity contribution in [3.8, 4) is 11.1 Å². The number of amides is 2. The number of hydrogen-bond donors (Lipinski definition) is 3. The maximum atomic E-state index is 12.6. The number of carbonyl (C=O) groups excluding carboxylic acids is 2. The van der Waals surface area contributed by atoms with Crippen LogP contribution >= 0.6 is 11.6 Å². The lowest BCUT2D eigenvalue weighted by Gasteiger charge is -2.19. The van der Waals surface area contributed by atoms with Gasteiger partial charge in [0.25, 0.3) is 0 Å². The molecule has 0 bridgehead atoms. The van der Waals surface area contributed by atoms with Crippen molar-refractivity contribution in [2.75, 3.05) is 11.9 Å². The minimum Gasteiger partial charge on any atom is -0.481 e. The lowest BCUT2D eigenvalue weighted by Crippen LogP contribution is -2.45. The van der Waals surface area contributed by atoms with Crippen molar-refractivity contribution in [3.63, 3.8) is 0 Å². The first-order valence-electron chi connectivity index (χ1n) is 10.3. The van der Waals surface area contributed by atoms with Gasteiger partial charge >= 0.3 is 12.1 Å². The number of rotatable bonds is 7. The van der Waals surface area contributed by atoms with Gasteiger partial charge < -0.3 is 20.5 Å². The molecule has 1 unspecified atom stereocenters. The minimum absolute atomic E-state index is 0.0512. The number of fused-ring (bicyclic) bond motifs is 3. The first kappa shape index (κ1) is 22.4. The Hall–Kier alpha value is -3.84. The van der Waals surface area contributed by atoms with Crippen molar-refractivity contribution in [2.24, 2.45) is 0 Å². The SMILES string of the molecule is O=C(O)CC(NC(=O)OCC1c2ccccc2-c2ccccc21)C(=O)Nc1cccc(Cl)c1. The Balaban J connectivity index is 1.43. The minimum atomic E-state index is -1.32. The van der Waals surface area contributed by atoms with Crippen molar-refractivity contribution < 1.29 is 24.2 Å². The third-order valence-corrected chi connectivity index (χ3v) is 5.66. The maximum absolute atomic E-state index is 12.6. The van der Waals surface area contributed by atoms with Crippen LogP contribution < -0.4 is 10.6 Å². The molecule has 0 aliphatic heterocycles. The molecular weight excluding hydrogens is 444 g/mol. The third kappa shape index (κ3) is 5.15. The van der Waals surface area contributed by atoms with Crippen LogP contribution in [0, 0.1) is 0 Å². The highest BCUT2D eigenvalue weighted by molar-refractivity contribution is 6.30. The number of anilines is 1. The van der Waals surface area contributed by atoms with Crippen molar-refractivity contribution in [2.45, 2.75) is 18.4 Å². The van der Waals surface area contributed by atoms with Gasteiger partial charge in [-0.2, -0.15) is 0 Å². The molecule has 4 rings (SSSR count). The van der Waals surface area contributed by atoms with Crippen molar-refractivity contribution in [1.29, 1.82) is 0 Å². The van der Waals surface area contributed by atoms with Crippen LogP contribution in [0.3, 0.4) is 0 Å². The quantitative estimate of drug-likeness (QED) is 0.471. The second-order valence-electron chi connectivity index (χ2n) is 7.62. The fraction of sp³-hybridized carbons (Fsp3) is 0.160. The van der Waals surface area contributed by atoms with Crippen LogP contribution in [0.15, 0.2) is 72.8 Å². The molecule has 1 aliphatic carbocycles. The monoisotopic (exact) mass is 464 g/mol. The van der Waals surface area contributed by atoms with Crippen LogP contribution in [0.4, 0.5) is 10.5 Å². The molecule has 1 atom stereocenters. The predicted octanol–water partition coefficient (Wildman–Crippen LogP) is 4.66. The summed E-state index contributed by atoms with van der Waals surface area (Å²) in [5, 5.41) is 14.5. The summed E-state index contributed by atoms with van der Waals surface area (Å²) in [6.45, 7) is 0.0512. The molecule has 0 heterocycles. The average Bonchev–Trinajstić information content (AvgIpc) is 3.11. The van der Waals surface area contributed by atoms with Gasteiger partial charge in [-0.15, -0.1) is 0 Å². The molecule has 3 N–H and O–H groups in total. The van der Waals surface area contributed by atoms with Gasteiger partial charge in [-0.3, -0.25) is 9.59 Å². The Morgan fingerprint density at radius 3 is 2.18 bits per heavy atom. The molecule has 168 valence electrons. The van der Waals surface area contributed by atoms with Gasteiger partial charge in [-0.05, 0) is 40.5 Å². The fourth-order valence-electron chi connectivity index (χ4n) is 3.96. The number of nitrogens with one attached hydrogen (secondary N) is 2. The third-order valence-electron chi connectivity index (χ3n) is 5.42. The van der Waals surface area contributed by atoms with Crippen LogP contribution in [-0.4, -0.2) is 35.7 Å². The van der Waals surface area contributed by atoms with Crippen LogP contribution in [-0.2, 0) is 14.3 Å². The maximum Gasteiger partial charge on any atom is 0.407 e. The van der Waals surface area contributed by atoms with Gasteiger partial charge in [-0.1, -0.05) is 66.2 Å². The number of carbonyl (C=O) groups is 3. The zero-order valence-electron chi connectivity index (χ0n) is 17.5. The van der Waals surface area contributed by atoms with Gasteiger partial charge in [0.05, 0.1) is 6.42 Å². The van der Waals surface area contributed by atoms with Gasteiger partial charge in [0.1, 0.15) is 12.6 Å². The van der Waals surface area contributed by atoms with E-state index < -0.39 is 30.4 Å². The van der Waals surface area contributed by atoms with E-state index in [9.17, 15) is 19.5 Å². The molecule has 8 heteroatoms. The molecule has 0 spiro atoms. The smallest absolute Gasteiger partial charge is 0.407 e. The first-order valence-corrected chi connectivity index (χ1v) is 10.7. The number of carboxylic acids is 1. The standard InChI is InChI=1S/C25H21ClN2O5/c26-15-6-5-7-16(12-15)27-24(31)22(13-23(29)30)28-25(32)33-14-21-19-10-3-1-8-17(19)18-9-2-4-11-20(18)21/h1-12,21-22H,13-14H2,(H,27,31)(H,28,32)(H,29,30). The van der Waals surface area contributed by atoms with Gasteiger partial charge in [0, 0.05) is 16.6 Å². The van der Waals surface area contributed by atoms with E-state index in [1.165, 1.54) is 6.07 Å². The summed E-state index contributed by atoms with van der Waals surface area (Å²) in [5.74, 6) is -2.07. The Kier molecular flexibility index (Phi) is 6.60. The number of halogens is 1. The molecule has 2 amide bonds. The molecule has 0 saturated carbocycles. The van der Waals surface area contributed by atoms with Crippen molar-refractivity contribution in [1.82, 2.24) is 5.32 Å². The summed E-state index contributed by atoms with van der Waals surface area (Å²) in [5.41, 5.74) is 4.66. The number of carboxylic acid groups (broad SMARTS) is 1. The van der Waals surface area contributed by atoms with E-state index in [0.717, 1.165) is 22.3 Å². The second-order valence-corrected chi connectivity index (χ2v) is 8.06. The molecule has 0 saturated heterocycles. The van der Waals surface area contributed by atoms with Crippen LogP contribution in [0.2, 0.25) is 5.02 Å². The highest BCUT2D eigenvalue weighted by Crippen LogP contribution is 2.44. The molecule has 7 nitrogen and oxygen atoms in total. The molecule has 0 aromatic heterocycles. The highest BCUT2D eigenvalue weighted by atomic mass is 35.5. The first-order chi connectivity index (χ1) is 15.9. The van der Waals surface area contributed by atoms with Gasteiger partial charge in [0.15, 0.2) is 0 Å². The Bertz CT molecular complexity index is 1170. The molecule has 3 aromatic carbocycles. The van der Waals surface area contributed by atoms with E-state index in [2.05, 4.69) is 10.6 Å². The zero-order valence-corrected chi connectivity index (χ0v) is 18.2. The van der Waals surface area contributed by atoms with E-state index >= 15 is 0 Å². The van der Waals surface area contributed by atoms with E-state index in [1.54, 1.807) is 18.2 Å². The zero-order chi connectivity index (χ0) is 23.4. The van der Waals surface area contributed by atoms with Crippen LogP contribution in [0.25, 0.3) is 11.1 Å². The molecular formula is C25H21ClN2O5. The molecule has 0 fully saturated rings. The van der Waals surface area contributed by atoms with E-state index in [-0.39, 0.29) is 12.5 Å². The molecule has 33 heavy (non-hydrogen) atoms. The van der Waals surface area contributed by atoms with E-state index in [1.807, 2.05) is 48.5 Å². The summed E-state index contributed by atoms with van der Waals surface area (Å²) >= 11 is 5.92. The number of aliphatic carboxylic acids is 1. The second kappa shape index (κ2) is 9.75. The summed E-state index contributed by atoms with van der Waals surface area (Å²) < 4.78 is 5.43.